The summed E-state index contributed by atoms with van der Waals surface area (Å²) >= 11 is 6.96. The summed E-state index contributed by atoms with van der Waals surface area (Å²) in [5, 5.41) is 3.49. The van der Waals surface area contributed by atoms with Crippen LogP contribution < -0.4 is 5.32 Å². The zero-order valence-corrected chi connectivity index (χ0v) is 15.4. The Bertz CT molecular complexity index is 573. The summed E-state index contributed by atoms with van der Waals surface area (Å²) in [5.41, 5.74) is 2.33. The van der Waals surface area contributed by atoms with Gasteiger partial charge in [0.1, 0.15) is 0 Å². The molecule has 0 amide bonds. The molecule has 0 bridgehead atoms. The molecule has 1 N–H and O–H groups in total. The van der Waals surface area contributed by atoms with E-state index in [2.05, 4.69) is 85.4 Å². The van der Waals surface area contributed by atoms with Crippen molar-refractivity contribution >= 4 is 31.9 Å². The molecule has 2 rings (SSSR count). The van der Waals surface area contributed by atoms with Crippen LogP contribution in [0.3, 0.4) is 0 Å². The van der Waals surface area contributed by atoms with Crippen molar-refractivity contribution in [1.29, 1.82) is 0 Å². The van der Waals surface area contributed by atoms with E-state index in [0.29, 0.717) is 6.04 Å². The highest BCUT2D eigenvalue weighted by Gasteiger charge is 2.13. The monoisotopic (exact) mass is 411 g/mol. The summed E-state index contributed by atoms with van der Waals surface area (Å²) < 4.78 is 2.00. The van der Waals surface area contributed by atoms with Gasteiger partial charge in [0.05, 0.1) is 5.69 Å². The van der Waals surface area contributed by atoms with E-state index in [1.165, 1.54) is 5.56 Å². The van der Waals surface area contributed by atoms with Crippen LogP contribution in [-0.2, 0) is 6.54 Å². The Hall–Kier alpha value is -0.750. The number of likely N-dealkylation sites (N-methyl/N-ethyl adjacent to an activating group) is 1. The molecule has 0 saturated heterocycles. The second kappa shape index (κ2) is 8.03. The molecule has 2 aromatic rings. The molecule has 0 radical (unpaired) electrons. The van der Waals surface area contributed by atoms with Crippen LogP contribution in [0.5, 0.6) is 0 Å². The highest BCUT2D eigenvalue weighted by Crippen LogP contribution is 2.20. The average Bonchev–Trinajstić information content (AvgIpc) is 2.46. The lowest BCUT2D eigenvalue weighted by Gasteiger charge is -2.25. The van der Waals surface area contributed by atoms with E-state index in [1.807, 2.05) is 18.3 Å². The lowest BCUT2D eigenvalue weighted by atomic mass is 10.1. The van der Waals surface area contributed by atoms with E-state index >= 15 is 0 Å². The van der Waals surface area contributed by atoms with Gasteiger partial charge in [-0.1, -0.05) is 30.3 Å². The maximum Gasteiger partial charge on any atom is 0.0684 e. The number of rotatable bonds is 6. The molecule has 0 spiro atoms. The Kier molecular flexibility index (Phi) is 6.36. The fraction of sp³-hybridized carbons (Fsp3) is 0.312. The van der Waals surface area contributed by atoms with Gasteiger partial charge in [0, 0.05) is 34.3 Å². The van der Waals surface area contributed by atoms with Gasteiger partial charge in [0.25, 0.3) is 0 Å². The predicted octanol–water partition coefficient (Wildman–Crippen LogP) is 4.00. The van der Waals surface area contributed by atoms with Crippen LogP contribution >= 0.6 is 31.9 Å². The van der Waals surface area contributed by atoms with Crippen LogP contribution in [0.4, 0.5) is 0 Å². The van der Waals surface area contributed by atoms with Crippen molar-refractivity contribution in [3.8, 4) is 0 Å². The third-order valence-corrected chi connectivity index (χ3v) is 4.44. The predicted molar refractivity (Wildman–Crippen MR) is 94.2 cm³/mol. The number of benzene rings is 1. The molecule has 3 nitrogen and oxygen atoms in total. The van der Waals surface area contributed by atoms with E-state index in [9.17, 15) is 0 Å². The fourth-order valence-electron chi connectivity index (χ4n) is 2.17. The largest absolute Gasteiger partial charge is 0.309 e. The topological polar surface area (TPSA) is 28.2 Å². The Labute approximate surface area is 143 Å². The van der Waals surface area contributed by atoms with Crippen LogP contribution in [-0.4, -0.2) is 30.5 Å². The van der Waals surface area contributed by atoms with Crippen LogP contribution in [0.25, 0.3) is 0 Å². The summed E-state index contributed by atoms with van der Waals surface area (Å²) in [5.74, 6) is 0. The highest BCUT2D eigenvalue weighted by molar-refractivity contribution is 9.11. The molecule has 112 valence electrons. The van der Waals surface area contributed by atoms with Crippen LogP contribution in [0, 0.1) is 0 Å². The number of hydrogen-bond acceptors (Lipinski definition) is 3. The van der Waals surface area contributed by atoms with E-state index in [4.69, 9.17) is 0 Å². The maximum atomic E-state index is 4.42. The number of hydrogen-bond donors (Lipinski definition) is 1. The summed E-state index contributed by atoms with van der Waals surface area (Å²) in [6, 6.07) is 12.9. The van der Waals surface area contributed by atoms with Crippen molar-refractivity contribution in [2.24, 2.45) is 0 Å². The zero-order valence-electron chi connectivity index (χ0n) is 12.2. The quantitative estimate of drug-likeness (QED) is 0.777. The van der Waals surface area contributed by atoms with Crippen LogP contribution in [0.2, 0.25) is 0 Å². The molecule has 1 aromatic carbocycles. The molecule has 0 aliphatic rings. The molecule has 21 heavy (non-hydrogen) atoms. The van der Waals surface area contributed by atoms with Gasteiger partial charge in [0.2, 0.25) is 0 Å². The maximum absolute atomic E-state index is 4.42. The van der Waals surface area contributed by atoms with Gasteiger partial charge >= 0.3 is 0 Å². The zero-order chi connectivity index (χ0) is 15.2. The average molecular weight is 413 g/mol. The molecule has 1 aromatic heterocycles. The van der Waals surface area contributed by atoms with E-state index in [0.717, 1.165) is 27.7 Å². The fourth-order valence-corrected chi connectivity index (χ4v) is 3.30. The summed E-state index contributed by atoms with van der Waals surface area (Å²) in [6.45, 7) is 1.62. The minimum Gasteiger partial charge on any atom is -0.309 e. The van der Waals surface area contributed by atoms with E-state index < -0.39 is 0 Å². The third-order valence-electron chi connectivity index (χ3n) is 3.32. The van der Waals surface area contributed by atoms with Gasteiger partial charge in [-0.25, -0.2) is 0 Å². The first-order valence-corrected chi connectivity index (χ1v) is 8.38. The van der Waals surface area contributed by atoms with Gasteiger partial charge in [-0.05, 0) is 57.6 Å². The number of nitrogens with one attached hydrogen (secondary N) is 1. The number of pyridine rings is 1. The highest BCUT2D eigenvalue weighted by atomic mass is 79.9. The lowest BCUT2D eigenvalue weighted by Crippen LogP contribution is -2.31. The molecule has 0 fully saturated rings. The molecular formula is C16H19Br2N3. The summed E-state index contributed by atoms with van der Waals surface area (Å²) in [4.78, 5) is 6.65. The second-order valence-corrected chi connectivity index (χ2v) is 6.87. The molecule has 0 saturated carbocycles. The van der Waals surface area contributed by atoms with E-state index in [1.54, 1.807) is 0 Å². The molecule has 0 aliphatic heterocycles. The standard InChI is InChI=1S/C16H19Br2N3/c1-21(2)16(12-6-4-3-5-7-12)11-19-10-15-14(18)8-13(17)9-20-15/h3-9,16,19H,10-11H2,1-2H3. The molecule has 1 unspecified atom stereocenters. The van der Waals surface area contributed by atoms with Gasteiger partial charge in [0.15, 0.2) is 0 Å². The second-order valence-electron chi connectivity index (χ2n) is 5.10. The first-order chi connectivity index (χ1) is 10.1. The minimum atomic E-state index is 0.348. The Morgan fingerprint density at radius 2 is 1.90 bits per heavy atom. The van der Waals surface area contributed by atoms with Crippen molar-refractivity contribution in [3.05, 3.63) is 62.8 Å². The van der Waals surface area contributed by atoms with E-state index in [-0.39, 0.29) is 0 Å². The lowest BCUT2D eigenvalue weighted by molar-refractivity contribution is 0.288. The number of aromatic nitrogens is 1. The van der Waals surface area contributed by atoms with Crippen molar-refractivity contribution < 1.29 is 0 Å². The Morgan fingerprint density at radius 3 is 2.52 bits per heavy atom. The minimum absolute atomic E-state index is 0.348. The van der Waals surface area contributed by atoms with Crippen molar-refractivity contribution in [3.63, 3.8) is 0 Å². The van der Waals surface area contributed by atoms with Crippen LogP contribution in [0.1, 0.15) is 17.3 Å². The third kappa shape index (κ3) is 4.88. The summed E-state index contributed by atoms with van der Waals surface area (Å²) in [6.07, 6.45) is 1.82. The van der Waals surface area contributed by atoms with Crippen molar-refractivity contribution in [2.45, 2.75) is 12.6 Å². The SMILES string of the molecule is CN(C)C(CNCc1ncc(Br)cc1Br)c1ccccc1. The summed E-state index contributed by atoms with van der Waals surface area (Å²) in [7, 11) is 4.21. The van der Waals surface area contributed by atoms with Crippen molar-refractivity contribution in [2.75, 3.05) is 20.6 Å². The number of nitrogens with zero attached hydrogens (tertiary/aromatic N) is 2. The first-order valence-electron chi connectivity index (χ1n) is 6.80. The number of halogens is 2. The molecule has 5 heteroatoms. The van der Waals surface area contributed by atoms with Crippen molar-refractivity contribution in [1.82, 2.24) is 15.2 Å². The molecule has 1 heterocycles. The molecule has 1 atom stereocenters. The Balaban J connectivity index is 1.97. The normalized spacial score (nSPS) is 12.6. The van der Waals surface area contributed by atoms with Gasteiger partial charge in [-0.3, -0.25) is 4.98 Å². The first kappa shape index (κ1) is 16.6. The van der Waals surface area contributed by atoms with Gasteiger partial charge in [-0.2, -0.15) is 0 Å². The van der Waals surface area contributed by atoms with Gasteiger partial charge in [-0.15, -0.1) is 0 Å². The smallest absolute Gasteiger partial charge is 0.0684 e. The molecule has 0 aliphatic carbocycles. The van der Waals surface area contributed by atoms with Gasteiger partial charge < -0.3 is 10.2 Å². The Morgan fingerprint density at radius 1 is 1.19 bits per heavy atom. The van der Waals surface area contributed by atoms with Crippen LogP contribution in [0.15, 0.2) is 51.5 Å². The molecular weight excluding hydrogens is 394 g/mol.